The van der Waals surface area contributed by atoms with Gasteiger partial charge in [-0.25, -0.2) is 15.0 Å². The molecule has 0 radical (unpaired) electrons. The highest BCUT2D eigenvalue weighted by Crippen LogP contribution is 2.25. The highest BCUT2D eigenvalue weighted by molar-refractivity contribution is 7.09. The van der Waals surface area contributed by atoms with Crippen LogP contribution in [0, 0.1) is 0 Å². The topological polar surface area (TPSA) is 126 Å². The van der Waals surface area contributed by atoms with Crippen molar-refractivity contribution in [1.82, 2.24) is 29.6 Å². The molecule has 4 heterocycles. The molecule has 4 rings (SSSR count). The quantitative estimate of drug-likeness (QED) is 0.633. The highest BCUT2D eigenvalue weighted by atomic mass is 32.1. The number of H-pyrrole nitrogens is 1. The van der Waals surface area contributed by atoms with Crippen LogP contribution in [-0.2, 0) is 11.2 Å². The minimum absolute atomic E-state index is 0. The Morgan fingerprint density at radius 2 is 2.15 bits per heavy atom. The molecule has 2 amide bonds. The molecule has 1 unspecified atom stereocenters. The Balaban J connectivity index is 0.00000210. The Morgan fingerprint density at radius 1 is 1.30 bits per heavy atom. The van der Waals surface area contributed by atoms with Crippen LogP contribution in [0.15, 0.2) is 24.8 Å². The van der Waals surface area contributed by atoms with Crippen molar-refractivity contribution in [3.8, 4) is 10.7 Å². The first-order valence-electron chi connectivity index (χ1n) is 8.03. The van der Waals surface area contributed by atoms with Crippen LogP contribution in [0.2, 0.25) is 0 Å². The van der Waals surface area contributed by atoms with Gasteiger partial charge in [0.15, 0.2) is 0 Å². The van der Waals surface area contributed by atoms with Crippen LogP contribution in [0.1, 0.15) is 48.6 Å². The van der Waals surface area contributed by atoms with Crippen LogP contribution in [0.5, 0.6) is 0 Å². The van der Waals surface area contributed by atoms with Gasteiger partial charge in [-0.05, 0) is 30.9 Å². The number of carbonyl (C=O) groups is 2. The number of imidazole rings is 1. The zero-order valence-electron chi connectivity index (χ0n) is 13.8. The first-order valence-corrected chi connectivity index (χ1v) is 8.80. The van der Waals surface area contributed by atoms with E-state index in [9.17, 15) is 9.59 Å². The number of nitrogens with zero attached hydrogens (tertiary/aromatic N) is 4. The fourth-order valence-electron chi connectivity index (χ4n) is 2.73. The molecule has 0 saturated heterocycles. The summed E-state index contributed by atoms with van der Waals surface area (Å²) in [5, 5.41) is 5.57. The van der Waals surface area contributed by atoms with E-state index >= 15 is 0 Å². The van der Waals surface area contributed by atoms with E-state index in [2.05, 4.69) is 34.9 Å². The lowest BCUT2D eigenvalue weighted by Crippen LogP contribution is -2.31. The smallest absolute Gasteiger partial charge is 0.270 e. The van der Waals surface area contributed by atoms with Gasteiger partial charge in [-0.1, -0.05) is 7.43 Å². The molecule has 0 fully saturated rings. The van der Waals surface area contributed by atoms with E-state index in [0.29, 0.717) is 24.2 Å². The van der Waals surface area contributed by atoms with Crippen LogP contribution in [0.4, 0.5) is 5.82 Å². The number of aromatic amines is 1. The minimum Gasteiger partial charge on any atom is -0.344 e. The molecule has 3 aromatic rings. The van der Waals surface area contributed by atoms with Crippen LogP contribution in [-0.4, -0.2) is 36.1 Å². The van der Waals surface area contributed by atoms with Crippen LogP contribution < -0.4 is 10.6 Å². The molecule has 3 aromatic heterocycles. The summed E-state index contributed by atoms with van der Waals surface area (Å²) in [7, 11) is 0. The third kappa shape index (κ3) is 3.70. The maximum Gasteiger partial charge on any atom is 0.270 e. The van der Waals surface area contributed by atoms with E-state index in [1.54, 1.807) is 12.4 Å². The molecular formula is C17H19N7O2S. The third-order valence-corrected chi connectivity index (χ3v) is 4.88. The van der Waals surface area contributed by atoms with Gasteiger partial charge >= 0.3 is 0 Å². The summed E-state index contributed by atoms with van der Waals surface area (Å²) in [5.41, 5.74) is 1.68. The average molecular weight is 385 g/mol. The highest BCUT2D eigenvalue weighted by Gasteiger charge is 2.24. The number of aromatic nitrogens is 5. The van der Waals surface area contributed by atoms with Crippen molar-refractivity contribution in [2.45, 2.75) is 33.2 Å². The molecular weight excluding hydrogens is 366 g/mol. The number of nitrogens with one attached hydrogen (secondary N) is 3. The van der Waals surface area contributed by atoms with E-state index in [0.717, 1.165) is 16.4 Å². The summed E-state index contributed by atoms with van der Waals surface area (Å²) in [6.45, 7) is 1.86. The largest absolute Gasteiger partial charge is 0.344 e. The van der Waals surface area contributed by atoms with Gasteiger partial charge in [0.2, 0.25) is 5.91 Å². The second-order valence-electron chi connectivity index (χ2n) is 5.85. The second kappa shape index (κ2) is 7.62. The Labute approximate surface area is 159 Å². The number of amides is 2. The molecule has 0 aliphatic carbocycles. The van der Waals surface area contributed by atoms with E-state index < -0.39 is 0 Å². The van der Waals surface area contributed by atoms with E-state index in [1.165, 1.54) is 17.9 Å². The number of rotatable bonds is 4. The molecule has 27 heavy (non-hydrogen) atoms. The SMILES string of the molecule is C.CC(NC(=O)c1ncnc2c1CCC(=O)N2)c1cc(-c2ncc[nH]2)sn1. The lowest BCUT2D eigenvalue weighted by atomic mass is 10.0. The van der Waals surface area contributed by atoms with Crippen molar-refractivity contribution in [3.63, 3.8) is 0 Å². The van der Waals surface area contributed by atoms with Gasteiger partial charge in [-0.3, -0.25) is 9.59 Å². The van der Waals surface area contributed by atoms with Gasteiger partial charge in [-0.2, -0.15) is 4.37 Å². The molecule has 0 spiro atoms. The van der Waals surface area contributed by atoms with Crippen molar-refractivity contribution in [2.24, 2.45) is 0 Å². The van der Waals surface area contributed by atoms with E-state index in [1.807, 2.05) is 13.0 Å². The molecule has 1 aliphatic rings. The molecule has 10 heteroatoms. The van der Waals surface area contributed by atoms with Crippen LogP contribution in [0.3, 0.4) is 0 Å². The molecule has 3 N–H and O–H groups in total. The summed E-state index contributed by atoms with van der Waals surface area (Å²) in [5.74, 6) is 0.722. The van der Waals surface area contributed by atoms with Crippen LogP contribution in [0.25, 0.3) is 10.7 Å². The van der Waals surface area contributed by atoms with Gasteiger partial charge in [0.05, 0.1) is 16.6 Å². The van der Waals surface area contributed by atoms with Gasteiger partial charge in [0.25, 0.3) is 5.91 Å². The fourth-order valence-corrected chi connectivity index (χ4v) is 3.52. The molecule has 0 aromatic carbocycles. The normalized spacial score (nSPS) is 13.9. The maximum absolute atomic E-state index is 12.7. The molecule has 1 aliphatic heterocycles. The number of carbonyl (C=O) groups excluding carboxylic acids is 2. The number of hydrogen-bond donors (Lipinski definition) is 3. The Bertz CT molecular complexity index is 968. The molecule has 1 atom stereocenters. The second-order valence-corrected chi connectivity index (χ2v) is 6.65. The third-order valence-electron chi connectivity index (χ3n) is 4.07. The molecule has 9 nitrogen and oxygen atoms in total. The predicted molar refractivity (Wildman–Crippen MR) is 101 cm³/mol. The lowest BCUT2D eigenvalue weighted by Gasteiger charge is -2.18. The molecule has 0 bridgehead atoms. The summed E-state index contributed by atoms with van der Waals surface area (Å²) in [4.78, 5) is 40.4. The van der Waals surface area contributed by atoms with Crippen molar-refractivity contribution < 1.29 is 9.59 Å². The first-order chi connectivity index (χ1) is 12.6. The minimum atomic E-state index is -0.320. The van der Waals surface area contributed by atoms with Gasteiger partial charge in [-0.15, -0.1) is 0 Å². The number of anilines is 1. The summed E-state index contributed by atoms with van der Waals surface area (Å²) < 4.78 is 4.39. The van der Waals surface area contributed by atoms with Crippen molar-refractivity contribution in [3.05, 3.63) is 41.7 Å². The van der Waals surface area contributed by atoms with Crippen molar-refractivity contribution in [2.75, 3.05) is 5.32 Å². The standard InChI is InChI=1S/C16H15N7O2S.CH4/c1-8(10-6-11(26-23-10)15-17-4-5-18-15)21-16(25)13-9-2-3-12(24)22-14(9)20-7-19-13;/h4-8H,2-3H2,1H3,(H,17,18)(H,21,25)(H,19,20,22,24);1H4. The zero-order chi connectivity index (χ0) is 18.1. The summed E-state index contributed by atoms with van der Waals surface area (Å²) in [6, 6.07) is 1.59. The molecule has 0 saturated carbocycles. The predicted octanol–water partition coefficient (Wildman–Crippen LogP) is 2.33. The number of fused-ring (bicyclic) bond motifs is 1. The Morgan fingerprint density at radius 3 is 2.93 bits per heavy atom. The average Bonchev–Trinajstić information content (AvgIpc) is 3.32. The van der Waals surface area contributed by atoms with E-state index in [4.69, 9.17) is 0 Å². The van der Waals surface area contributed by atoms with Crippen molar-refractivity contribution >= 4 is 29.2 Å². The molecule has 140 valence electrons. The Hall–Kier alpha value is -3.14. The maximum atomic E-state index is 12.7. The van der Waals surface area contributed by atoms with E-state index in [-0.39, 0.29) is 31.0 Å². The fraction of sp³-hybridized carbons (Fsp3) is 0.294. The monoisotopic (exact) mass is 385 g/mol. The van der Waals surface area contributed by atoms with Crippen molar-refractivity contribution in [1.29, 1.82) is 0 Å². The Kier molecular flexibility index (Phi) is 5.26. The first kappa shape index (κ1) is 18.6. The number of hydrogen-bond acceptors (Lipinski definition) is 7. The van der Waals surface area contributed by atoms with Crippen LogP contribution >= 0.6 is 11.5 Å². The zero-order valence-corrected chi connectivity index (χ0v) is 14.6. The van der Waals surface area contributed by atoms with Gasteiger partial charge in [0.1, 0.15) is 23.7 Å². The lowest BCUT2D eigenvalue weighted by molar-refractivity contribution is -0.116. The van der Waals surface area contributed by atoms with Gasteiger partial charge < -0.3 is 15.6 Å². The summed E-state index contributed by atoms with van der Waals surface area (Å²) in [6.07, 6.45) is 5.46. The summed E-state index contributed by atoms with van der Waals surface area (Å²) >= 11 is 1.31. The van der Waals surface area contributed by atoms with Gasteiger partial charge in [0, 0.05) is 24.4 Å².